The number of carboxylic acids is 1. The van der Waals surface area contributed by atoms with E-state index in [0.717, 1.165) is 22.3 Å². The van der Waals surface area contributed by atoms with Gasteiger partial charge in [0.1, 0.15) is 12.4 Å². The zero-order valence-corrected chi connectivity index (χ0v) is 17.5. The molecule has 4 rings (SSSR count). The fourth-order valence-electron chi connectivity index (χ4n) is 4.32. The van der Waals surface area contributed by atoms with Crippen LogP contribution >= 0.6 is 0 Å². The first-order valence-electron chi connectivity index (χ1n) is 10.1. The molecule has 0 atom stereocenters. The summed E-state index contributed by atoms with van der Waals surface area (Å²) < 4.78 is 13.5. The largest absolute Gasteiger partial charge is 0.480 e. The van der Waals surface area contributed by atoms with E-state index in [1.54, 1.807) is 24.2 Å². The van der Waals surface area contributed by atoms with Gasteiger partial charge in [-0.15, -0.1) is 0 Å². The smallest absolute Gasteiger partial charge is 0.323 e. The van der Waals surface area contributed by atoms with Gasteiger partial charge in [-0.2, -0.15) is 0 Å². The molecule has 0 fully saturated rings. The van der Waals surface area contributed by atoms with Gasteiger partial charge in [-0.25, -0.2) is 9.40 Å². The Morgan fingerprint density at radius 3 is 2.55 bits per heavy atom. The SMILES string of the molecule is Cc1cc2c(cc1N(CC(=O)O)CC(=O)N(C)N1Cc3ccc(F)cc3C1)C(=O)CC2. The molecular formula is C23H24FN3O4. The van der Waals surface area contributed by atoms with Crippen molar-refractivity contribution < 1.29 is 23.9 Å². The molecule has 0 aromatic heterocycles. The summed E-state index contributed by atoms with van der Waals surface area (Å²) in [5, 5.41) is 12.7. The summed E-state index contributed by atoms with van der Waals surface area (Å²) in [6.45, 7) is 2.22. The van der Waals surface area contributed by atoms with Crippen LogP contribution in [0.2, 0.25) is 0 Å². The quantitative estimate of drug-likeness (QED) is 0.766. The lowest BCUT2D eigenvalue weighted by Gasteiger charge is -2.31. The van der Waals surface area contributed by atoms with E-state index in [0.29, 0.717) is 37.2 Å². The monoisotopic (exact) mass is 425 g/mol. The lowest BCUT2D eigenvalue weighted by molar-refractivity contribution is -0.145. The Bertz CT molecular complexity index is 1080. The summed E-state index contributed by atoms with van der Waals surface area (Å²) in [6, 6.07) is 8.20. The van der Waals surface area contributed by atoms with Crippen molar-refractivity contribution in [2.45, 2.75) is 32.9 Å². The summed E-state index contributed by atoms with van der Waals surface area (Å²) in [5.74, 6) is -1.63. The molecule has 31 heavy (non-hydrogen) atoms. The van der Waals surface area contributed by atoms with Gasteiger partial charge in [0.15, 0.2) is 5.78 Å². The Balaban J connectivity index is 1.53. The van der Waals surface area contributed by atoms with E-state index in [1.165, 1.54) is 22.0 Å². The molecule has 1 aliphatic heterocycles. The molecular weight excluding hydrogens is 401 g/mol. The van der Waals surface area contributed by atoms with Crippen molar-refractivity contribution in [1.82, 2.24) is 10.0 Å². The number of anilines is 1. The number of Topliss-reactive ketones (excluding diaryl/α,β-unsaturated/α-hetero) is 1. The highest BCUT2D eigenvalue weighted by Gasteiger charge is 2.28. The molecule has 0 unspecified atom stereocenters. The maximum Gasteiger partial charge on any atom is 0.323 e. The van der Waals surface area contributed by atoms with Gasteiger partial charge in [0.2, 0.25) is 0 Å². The number of aliphatic carboxylic acids is 1. The second-order valence-electron chi connectivity index (χ2n) is 8.12. The number of nitrogens with zero attached hydrogens (tertiary/aromatic N) is 3. The number of carbonyl (C=O) groups is 3. The van der Waals surface area contributed by atoms with E-state index in [-0.39, 0.29) is 30.6 Å². The minimum atomic E-state index is -1.06. The first kappa shape index (κ1) is 21.0. The van der Waals surface area contributed by atoms with Crippen LogP contribution in [0.5, 0.6) is 0 Å². The molecule has 0 spiro atoms. The number of rotatable bonds is 6. The number of likely N-dealkylation sites (N-methyl/N-ethyl adjacent to an activating group) is 1. The molecule has 2 aliphatic rings. The van der Waals surface area contributed by atoms with Crippen LogP contribution < -0.4 is 4.90 Å². The first-order chi connectivity index (χ1) is 14.7. The molecule has 162 valence electrons. The lowest BCUT2D eigenvalue weighted by atomic mass is 10.0. The molecule has 8 heteroatoms. The predicted molar refractivity (Wildman–Crippen MR) is 112 cm³/mol. The number of benzene rings is 2. The summed E-state index contributed by atoms with van der Waals surface area (Å²) in [7, 11) is 1.63. The van der Waals surface area contributed by atoms with E-state index in [2.05, 4.69) is 0 Å². The maximum atomic E-state index is 13.5. The van der Waals surface area contributed by atoms with Gasteiger partial charge < -0.3 is 10.0 Å². The number of ketones is 1. The standard InChI is InChI=1S/C23H24FN3O4/c1-14-7-15-4-6-21(28)19(15)9-20(14)26(13-23(30)31)12-22(29)25(2)27-10-16-3-5-18(24)8-17(16)11-27/h3,5,7-9H,4,6,10-13H2,1-2H3,(H,30,31). The van der Waals surface area contributed by atoms with E-state index < -0.39 is 5.97 Å². The second-order valence-corrected chi connectivity index (χ2v) is 8.12. The fraction of sp³-hybridized carbons (Fsp3) is 0.348. The van der Waals surface area contributed by atoms with Gasteiger partial charge in [0, 0.05) is 37.8 Å². The molecule has 1 N–H and O–H groups in total. The highest BCUT2D eigenvalue weighted by Crippen LogP contribution is 2.31. The number of hydrazine groups is 1. The number of hydrogen-bond donors (Lipinski definition) is 1. The molecule has 2 aromatic carbocycles. The number of carboxylic acid groups (broad SMARTS) is 1. The fourth-order valence-corrected chi connectivity index (χ4v) is 4.32. The zero-order valence-electron chi connectivity index (χ0n) is 17.5. The van der Waals surface area contributed by atoms with Crippen molar-refractivity contribution >= 4 is 23.3 Å². The third-order valence-corrected chi connectivity index (χ3v) is 6.00. The Kier molecular flexibility index (Phi) is 5.49. The highest BCUT2D eigenvalue weighted by atomic mass is 19.1. The van der Waals surface area contributed by atoms with Crippen LogP contribution in [0.3, 0.4) is 0 Å². The lowest BCUT2D eigenvalue weighted by Crippen LogP contribution is -2.47. The molecule has 0 bridgehead atoms. The van der Waals surface area contributed by atoms with Crippen LogP contribution in [0, 0.1) is 12.7 Å². The number of carbonyl (C=O) groups excluding carboxylic acids is 2. The Morgan fingerprint density at radius 2 is 1.81 bits per heavy atom. The summed E-state index contributed by atoms with van der Waals surface area (Å²) in [5.41, 5.74) is 4.76. The van der Waals surface area contributed by atoms with E-state index in [1.807, 2.05) is 13.0 Å². The van der Waals surface area contributed by atoms with Gasteiger partial charge in [-0.3, -0.25) is 19.4 Å². The highest BCUT2D eigenvalue weighted by molar-refractivity contribution is 6.01. The molecule has 0 saturated carbocycles. The Morgan fingerprint density at radius 1 is 1.06 bits per heavy atom. The van der Waals surface area contributed by atoms with Crippen LogP contribution in [0.15, 0.2) is 30.3 Å². The number of hydrogen-bond acceptors (Lipinski definition) is 5. The molecule has 1 heterocycles. The van der Waals surface area contributed by atoms with Crippen molar-refractivity contribution in [2.75, 3.05) is 25.0 Å². The van der Waals surface area contributed by atoms with E-state index in [9.17, 15) is 23.9 Å². The minimum Gasteiger partial charge on any atom is -0.480 e. The van der Waals surface area contributed by atoms with Crippen molar-refractivity contribution in [2.24, 2.45) is 0 Å². The Hall–Kier alpha value is -3.26. The Labute approximate surface area is 179 Å². The summed E-state index contributed by atoms with van der Waals surface area (Å²) in [4.78, 5) is 38.2. The van der Waals surface area contributed by atoms with Crippen LogP contribution in [-0.2, 0) is 29.1 Å². The van der Waals surface area contributed by atoms with E-state index >= 15 is 0 Å². The summed E-state index contributed by atoms with van der Waals surface area (Å²) in [6.07, 6.45) is 1.14. The van der Waals surface area contributed by atoms with Gasteiger partial charge >= 0.3 is 5.97 Å². The van der Waals surface area contributed by atoms with Crippen molar-refractivity contribution in [3.63, 3.8) is 0 Å². The van der Waals surface area contributed by atoms with Crippen LogP contribution in [0.25, 0.3) is 0 Å². The summed E-state index contributed by atoms with van der Waals surface area (Å²) >= 11 is 0. The zero-order chi connectivity index (χ0) is 22.3. The van der Waals surface area contributed by atoms with Crippen LogP contribution in [-0.4, -0.2) is 52.9 Å². The first-order valence-corrected chi connectivity index (χ1v) is 10.1. The molecule has 2 aromatic rings. The molecule has 0 radical (unpaired) electrons. The van der Waals surface area contributed by atoms with Crippen LogP contribution in [0.4, 0.5) is 10.1 Å². The maximum absolute atomic E-state index is 13.5. The molecule has 1 amide bonds. The predicted octanol–water partition coefficient (Wildman–Crippen LogP) is 2.54. The van der Waals surface area contributed by atoms with Gasteiger partial charge in [0.05, 0.1) is 6.54 Å². The number of halogens is 1. The van der Waals surface area contributed by atoms with Crippen molar-refractivity contribution in [1.29, 1.82) is 0 Å². The molecule has 7 nitrogen and oxygen atoms in total. The number of amides is 1. The number of fused-ring (bicyclic) bond motifs is 2. The topological polar surface area (TPSA) is 81.2 Å². The molecule has 1 aliphatic carbocycles. The number of aryl methyl sites for hydroxylation is 2. The third kappa shape index (κ3) is 4.16. The van der Waals surface area contributed by atoms with Gasteiger partial charge in [-0.1, -0.05) is 12.1 Å². The molecule has 0 saturated heterocycles. The minimum absolute atomic E-state index is 0.0389. The van der Waals surface area contributed by atoms with Crippen LogP contribution in [0.1, 0.15) is 39.0 Å². The normalized spacial score (nSPS) is 15.0. The van der Waals surface area contributed by atoms with Crippen molar-refractivity contribution in [3.05, 3.63) is 64.0 Å². The average molecular weight is 425 g/mol. The second kappa shape index (κ2) is 8.11. The van der Waals surface area contributed by atoms with E-state index in [4.69, 9.17) is 0 Å². The third-order valence-electron chi connectivity index (χ3n) is 6.00. The average Bonchev–Trinajstić information content (AvgIpc) is 3.28. The van der Waals surface area contributed by atoms with Gasteiger partial charge in [0.25, 0.3) is 5.91 Å². The van der Waals surface area contributed by atoms with Gasteiger partial charge in [-0.05, 0) is 53.8 Å². The van der Waals surface area contributed by atoms with Crippen molar-refractivity contribution in [3.8, 4) is 0 Å².